The smallest absolute Gasteiger partial charge is 0.417 e. The van der Waals surface area contributed by atoms with Crippen molar-refractivity contribution in [1.82, 2.24) is 15.7 Å². The third-order valence-corrected chi connectivity index (χ3v) is 4.23. The zero-order chi connectivity index (χ0) is 22.5. The fourth-order valence-corrected chi connectivity index (χ4v) is 2.81. The summed E-state index contributed by atoms with van der Waals surface area (Å²) < 4.78 is 43.6. The van der Waals surface area contributed by atoms with Gasteiger partial charge in [-0.3, -0.25) is 10.4 Å². The van der Waals surface area contributed by atoms with E-state index in [0.717, 1.165) is 17.8 Å². The molecule has 30 heavy (non-hydrogen) atoms. The third kappa shape index (κ3) is 7.46. The molecular weight excluding hydrogens is 437 g/mol. The molecule has 2 N–H and O–H groups in total. The van der Waals surface area contributed by atoms with Crippen LogP contribution < -0.4 is 15.5 Å². The van der Waals surface area contributed by atoms with Crippen LogP contribution in [0.4, 0.5) is 13.2 Å². The molecule has 162 valence electrons. The molecule has 0 aliphatic carbocycles. The van der Waals surface area contributed by atoms with Gasteiger partial charge in [0, 0.05) is 11.7 Å². The van der Waals surface area contributed by atoms with Gasteiger partial charge in [-0.25, -0.2) is 0 Å². The Morgan fingerprint density at radius 2 is 1.83 bits per heavy atom. The number of thiocarbonyl (C=S) groups is 1. The number of rotatable bonds is 5. The van der Waals surface area contributed by atoms with E-state index in [9.17, 15) is 13.2 Å². The molecule has 0 saturated carbocycles. The lowest BCUT2D eigenvalue weighted by Crippen LogP contribution is -2.44. The van der Waals surface area contributed by atoms with Crippen molar-refractivity contribution in [2.24, 2.45) is 5.10 Å². The van der Waals surface area contributed by atoms with Crippen LogP contribution >= 0.6 is 23.8 Å². The van der Waals surface area contributed by atoms with Crippen LogP contribution in [0, 0.1) is 0 Å². The molecular formula is C20H22ClF3N4OS. The summed E-state index contributed by atoms with van der Waals surface area (Å²) in [5, 5.41) is 7.66. The number of hydrogen-bond acceptors (Lipinski definition) is 4. The zero-order valence-corrected chi connectivity index (χ0v) is 18.5. The summed E-state index contributed by atoms with van der Waals surface area (Å²) in [7, 11) is 0. The van der Waals surface area contributed by atoms with Crippen molar-refractivity contribution in [1.29, 1.82) is 0 Å². The first-order chi connectivity index (χ1) is 13.8. The second kappa shape index (κ2) is 9.61. The Kier molecular flexibility index (Phi) is 7.65. The number of ether oxygens (including phenoxy) is 1. The average molecular weight is 459 g/mol. The molecule has 0 fully saturated rings. The molecule has 10 heteroatoms. The molecule has 0 spiro atoms. The van der Waals surface area contributed by atoms with Gasteiger partial charge >= 0.3 is 6.18 Å². The number of alkyl halides is 3. The van der Waals surface area contributed by atoms with Crippen molar-refractivity contribution in [3.63, 3.8) is 0 Å². The standard InChI is InChI=1S/C20H22ClF3N4OS/c1-12(27-28-18(30)26-19(2,3)4)13-5-7-15(8-6-13)29-11-17-16(21)9-14(10-25-17)20(22,23)24/h5-10H,11H2,1-4H3,(H2,26,28,30)/b27-12-. The number of halogens is 4. The highest BCUT2D eigenvalue weighted by Gasteiger charge is 2.31. The van der Waals surface area contributed by atoms with Crippen LogP contribution in [0.5, 0.6) is 5.75 Å². The van der Waals surface area contributed by atoms with Gasteiger partial charge in [0.25, 0.3) is 0 Å². The number of hydrazone groups is 1. The molecule has 0 aliphatic heterocycles. The van der Waals surface area contributed by atoms with Crippen molar-refractivity contribution < 1.29 is 17.9 Å². The van der Waals surface area contributed by atoms with E-state index in [-0.39, 0.29) is 22.9 Å². The van der Waals surface area contributed by atoms with E-state index < -0.39 is 11.7 Å². The summed E-state index contributed by atoms with van der Waals surface area (Å²) in [6.07, 6.45) is -3.76. The maximum absolute atomic E-state index is 12.7. The molecule has 0 atom stereocenters. The quantitative estimate of drug-likeness (QED) is 0.361. The summed E-state index contributed by atoms with van der Waals surface area (Å²) in [5.74, 6) is 0.516. The predicted octanol–water partition coefficient (Wildman–Crippen LogP) is 5.32. The summed E-state index contributed by atoms with van der Waals surface area (Å²) in [6, 6.07) is 7.88. The van der Waals surface area contributed by atoms with E-state index in [1.54, 1.807) is 24.3 Å². The maximum atomic E-state index is 12.7. The average Bonchev–Trinajstić information content (AvgIpc) is 2.63. The Morgan fingerprint density at radius 1 is 1.20 bits per heavy atom. The number of benzene rings is 1. The fraction of sp³-hybridized carbons (Fsp3) is 0.350. The Bertz CT molecular complexity index is 925. The van der Waals surface area contributed by atoms with E-state index in [2.05, 4.69) is 20.8 Å². The Labute approximate surface area is 183 Å². The lowest BCUT2D eigenvalue weighted by atomic mass is 10.1. The second-order valence-corrected chi connectivity index (χ2v) is 8.29. The van der Waals surface area contributed by atoms with Gasteiger partial charge in [0.2, 0.25) is 0 Å². The van der Waals surface area contributed by atoms with E-state index >= 15 is 0 Å². The summed E-state index contributed by atoms with van der Waals surface area (Å²) in [5.41, 5.74) is 3.50. The van der Waals surface area contributed by atoms with Crippen molar-refractivity contribution in [2.45, 2.75) is 46.0 Å². The first kappa shape index (κ1) is 23.9. The van der Waals surface area contributed by atoms with Crippen molar-refractivity contribution >= 4 is 34.6 Å². The lowest BCUT2D eigenvalue weighted by molar-refractivity contribution is -0.137. The second-order valence-electron chi connectivity index (χ2n) is 7.48. The normalized spacial score (nSPS) is 12.5. The number of aromatic nitrogens is 1. The Hall–Kier alpha value is -2.39. The van der Waals surface area contributed by atoms with E-state index in [1.807, 2.05) is 27.7 Å². The molecule has 1 aromatic heterocycles. The highest BCUT2D eigenvalue weighted by Crippen LogP contribution is 2.31. The highest BCUT2D eigenvalue weighted by molar-refractivity contribution is 7.80. The van der Waals surface area contributed by atoms with Crippen molar-refractivity contribution in [3.05, 3.63) is 58.4 Å². The number of nitrogens with zero attached hydrogens (tertiary/aromatic N) is 2. The van der Waals surface area contributed by atoms with E-state index in [4.69, 9.17) is 28.6 Å². The van der Waals surface area contributed by atoms with Crippen LogP contribution in [-0.2, 0) is 12.8 Å². The summed E-state index contributed by atoms with van der Waals surface area (Å²) >= 11 is 11.1. The van der Waals surface area contributed by atoms with Crippen LogP contribution in [-0.4, -0.2) is 21.3 Å². The van der Waals surface area contributed by atoms with Gasteiger partial charge in [0.1, 0.15) is 12.4 Å². The highest BCUT2D eigenvalue weighted by atomic mass is 35.5. The number of nitrogens with one attached hydrogen (secondary N) is 2. The van der Waals surface area contributed by atoms with E-state index in [1.165, 1.54) is 0 Å². The monoisotopic (exact) mass is 458 g/mol. The lowest BCUT2D eigenvalue weighted by Gasteiger charge is -2.21. The molecule has 5 nitrogen and oxygen atoms in total. The molecule has 0 amide bonds. The summed E-state index contributed by atoms with van der Waals surface area (Å²) in [4.78, 5) is 3.75. The van der Waals surface area contributed by atoms with Gasteiger partial charge in [-0.1, -0.05) is 11.6 Å². The minimum Gasteiger partial charge on any atom is -0.487 e. The van der Waals surface area contributed by atoms with Gasteiger partial charge in [0.15, 0.2) is 5.11 Å². The SMILES string of the molecule is C/C(=N/NC(=S)NC(C)(C)C)c1ccc(OCc2ncc(C(F)(F)F)cc2Cl)cc1. The molecule has 0 bridgehead atoms. The van der Waals surface area contributed by atoms with Crippen LogP contribution in [0.3, 0.4) is 0 Å². The minimum atomic E-state index is -4.49. The zero-order valence-electron chi connectivity index (χ0n) is 16.9. The number of hydrogen-bond donors (Lipinski definition) is 2. The van der Waals surface area contributed by atoms with Crippen LogP contribution in [0.1, 0.15) is 44.5 Å². The molecule has 0 saturated heterocycles. The van der Waals surface area contributed by atoms with Gasteiger partial charge in [-0.15, -0.1) is 0 Å². The Morgan fingerprint density at radius 3 is 2.37 bits per heavy atom. The van der Waals surface area contributed by atoms with Gasteiger partial charge in [-0.05, 0) is 75.8 Å². The molecule has 2 rings (SSSR count). The molecule has 0 radical (unpaired) electrons. The minimum absolute atomic E-state index is 0.0578. The first-order valence-electron chi connectivity index (χ1n) is 8.92. The van der Waals surface area contributed by atoms with Crippen molar-refractivity contribution in [3.8, 4) is 5.75 Å². The van der Waals surface area contributed by atoms with Crippen molar-refractivity contribution in [2.75, 3.05) is 0 Å². The van der Waals surface area contributed by atoms with E-state index in [0.29, 0.717) is 16.6 Å². The van der Waals surface area contributed by atoms with Gasteiger partial charge in [0.05, 0.1) is 22.0 Å². The van der Waals surface area contributed by atoms with Gasteiger partial charge < -0.3 is 10.1 Å². The van der Waals surface area contributed by atoms with Gasteiger partial charge in [-0.2, -0.15) is 18.3 Å². The molecule has 0 aliphatic rings. The van der Waals surface area contributed by atoms with Crippen LogP contribution in [0.25, 0.3) is 0 Å². The molecule has 2 aromatic rings. The predicted molar refractivity (Wildman–Crippen MR) is 116 cm³/mol. The first-order valence-corrected chi connectivity index (χ1v) is 9.71. The summed E-state index contributed by atoms with van der Waals surface area (Å²) in [6.45, 7) is 7.74. The Balaban J connectivity index is 1.96. The fourth-order valence-electron chi connectivity index (χ4n) is 2.24. The number of pyridine rings is 1. The molecule has 1 aromatic carbocycles. The maximum Gasteiger partial charge on any atom is 0.417 e. The van der Waals surface area contributed by atoms with Crippen LogP contribution in [0.15, 0.2) is 41.6 Å². The third-order valence-electron chi connectivity index (χ3n) is 3.71. The largest absolute Gasteiger partial charge is 0.487 e. The molecule has 0 unspecified atom stereocenters. The molecule has 1 heterocycles. The topological polar surface area (TPSA) is 58.5 Å². The van der Waals surface area contributed by atoms with Crippen LogP contribution in [0.2, 0.25) is 5.02 Å².